The van der Waals surface area contributed by atoms with Crippen LogP contribution in [0.15, 0.2) is 54.6 Å². The second kappa shape index (κ2) is 9.69. The number of hydrogen-bond donors (Lipinski definition) is 1. The molecule has 1 atom stereocenters. The molecule has 1 unspecified atom stereocenters. The average molecular weight is 362 g/mol. The van der Waals surface area contributed by atoms with E-state index in [9.17, 15) is 9.59 Å². The van der Waals surface area contributed by atoms with E-state index in [1.54, 1.807) is 24.3 Å². The van der Waals surface area contributed by atoms with Gasteiger partial charge in [0.25, 0.3) is 5.91 Å². The summed E-state index contributed by atoms with van der Waals surface area (Å²) in [4.78, 5) is 23.7. The summed E-state index contributed by atoms with van der Waals surface area (Å²) >= 11 is 5.81. The first-order chi connectivity index (χ1) is 12.0. The van der Waals surface area contributed by atoms with Gasteiger partial charge in [0.1, 0.15) is 5.75 Å². The van der Waals surface area contributed by atoms with Crippen molar-refractivity contribution >= 4 is 23.5 Å². The summed E-state index contributed by atoms with van der Waals surface area (Å²) in [6.45, 7) is 2.07. The van der Waals surface area contributed by atoms with E-state index in [1.165, 1.54) is 6.92 Å². The molecular formula is C19H20ClNO4. The van der Waals surface area contributed by atoms with Crippen molar-refractivity contribution in [2.24, 2.45) is 0 Å². The molecule has 0 fully saturated rings. The van der Waals surface area contributed by atoms with Crippen LogP contribution in [-0.4, -0.2) is 24.6 Å². The number of nitrogens with one attached hydrogen (secondary N) is 1. The van der Waals surface area contributed by atoms with E-state index in [0.717, 1.165) is 5.56 Å². The van der Waals surface area contributed by atoms with Crippen LogP contribution in [0.2, 0.25) is 5.02 Å². The lowest BCUT2D eigenvalue weighted by molar-refractivity contribution is -0.155. The number of hydrogen-bond acceptors (Lipinski definition) is 4. The van der Waals surface area contributed by atoms with Crippen molar-refractivity contribution in [1.29, 1.82) is 0 Å². The predicted octanol–water partition coefficient (Wildman–Crippen LogP) is 3.36. The van der Waals surface area contributed by atoms with Gasteiger partial charge in [-0.1, -0.05) is 41.9 Å². The van der Waals surface area contributed by atoms with E-state index in [-0.39, 0.29) is 18.9 Å². The Hall–Kier alpha value is -2.53. The third-order valence-electron chi connectivity index (χ3n) is 3.38. The molecule has 2 aromatic carbocycles. The highest BCUT2D eigenvalue weighted by atomic mass is 35.5. The van der Waals surface area contributed by atoms with E-state index in [4.69, 9.17) is 21.1 Å². The maximum absolute atomic E-state index is 12.0. The van der Waals surface area contributed by atoms with Gasteiger partial charge >= 0.3 is 5.97 Å². The number of carbonyl (C=O) groups excluding carboxylic acids is 2. The normalized spacial score (nSPS) is 11.4. The number of para-hydroxylation sites is 1. The number of halogens is 1. The molecule has 0 spiro atoms. The first-order valence-corrected chi connectivity index (χ1v) is 8.32. The molecule has 1 N–H and O–H groups in total. The lowest BCUT2D eigenvalue weighted by Gasteiger charge is -2.14. The zero-order valence-electron chi connectivity index (χ0n) is 13.9. The SMILES string of the molecule is CC(OC(=O)CCOc1ccccc1)C(=O)NCc1ccc(Cl)cc1. The summed E-state index contributed by atoms with van der Waals surface area (Å²) in [7, 11) is 0. The van der Waals surface area contributed by atoms with Gasteiger partial charge in [0.05, 0.1) is 13.0 Å². The lowest BCUT2D eigenvalue weighted by atomic mass is 10.2. The average Bonchev–Trinajstić information content (AvgIpc) is 2.61. The van der Waals surface area contributed by atoms with Gasteiger partial charge in [-0.15, -0.1) is 0 Å². The summed E-state index contributed by atoms with van der Waals surface area (Å²) < 4.78 is 10.5. The molecule has 0 aliphatic heterocycles. The highest BCUT2D eigenvalue weighted by molar-refractivity contribution is 6.30. The zero-order valence-corrected chi connectivity index (χ0v) is 14.7. The second-order valence-corrected chi connectivity index (χ2v) is 5.82. The van der Waals surface area contributed by atoms with E-state index in [2.05, 4.69) is 5.32 Å². The largest absolute Gasteiger partial charge is 0.493 e. The number of benzene rings is 2. The molecule has 5 nitrogen and oxygen atoms in total. The van der Waals surface area contributed by atoms with Crippen molar-refractivity contribution in [3.8, 4) is 5.75 Å². The smallest absolute Gasteiger partial charge is 0.310 e. The topological polar surface area (TPSA) is 64.6 Å². The number of amides is 1. The molecule has 0 bridgehead atoms. The summed E-state index contributed by atoms with van der Waals surface area (Å²) in [5.74, 6) is -0.151. The summed E-state index contributed by atoms with van der Waals surface area (Å²) in [5, 5.41) is 3.35. The van der Waals surface area contributed by atoms with Crippen molar-refractivity contribution in [1.82, 2.24) is 5.32 Å². The fraction of sp³-hybridized carbons (Fsp3) is 0.263. The number of ether oxygens (including phenoxy) is 2. The standard InChI is InChI=1S/C19H20ClNO4/c1-14(19(23)21-13-15-7-9-16(20)10-8-15)25-18(22)11-12-24-17-5-3-2-4-6-17/h2-10,14H,11-13H2,1H3,(H,21,23). The first-order valence-electron chi connectivity index (χ1n) is 7.94. The van der Waals surface area contributed by atoms with Crippen molar-refractivity contribution in [2.75, 3.05) is 6.61 Å². The third kappa shape index (κ3) is 6.85. The molecule has 0 heterocycles. The van der Waals surface area contributed by atoms with Gasteiger partial charge in [-0.2, -0.15) is 0 Å². The van der Waals surface area contributed by atoms with Crippen LogP contribution in [0.25, 0.3) is 0 Å². The maximum Gasteiger partial charge on any atom is 0.310 e. The Morgan fingerprint density at radius 1 is 1.08 bits per heavy atom. The molecule has 0 saturated carbocycles. The quantitative estimate of drug-likeness (QED) is 0.732. The molecule has 132 valence electrons. The van der Waals surface area contributed by atoms with Crippen molar-refractivity contribution in [3.05, 3.63) is 65.2 Å². The van der Waals surface area contributed by atoms with E-state index >= 15 is 0 Å². The Balaban J connectivity index is 1.67. The molecule has 6 heteroatoms. The molecule has 0 aliphatic carbocycles. The molecule has 1 amide bonds. The van der Waals surface area contributed by atoms with Crippen molar-refractivity contribution < 1.29 is 19.1 Å². The number of esters is 1. The zero-order chi connectivity index (χ0) is 18.1. The van der Waals surface area contributed by atoms with Crippen molar-refractivity contribution in [3.63, 3.8) is 0 Å². The van der Waals surface area contributed by atoms with Gasteiger partial charge in [-0.05, 0) is 36.8 Å². The molecule has 0 radical (unpaired) electrons. The van der Waals surface area contributed by atoms with Crippen LogP contribution in [0.5, 0.6) is 5.75 Å². The van der Waals surface area contributed by atoms with Gasteiger partial charge in [-0.3, -0.25) is 9.59 Å². The van der Waals surface area contributed by atoms with Gasteiger partial charge in [0.2, 0.25) is 0 Å². The van der Waals surface area contributed by atoms with Gasteiger partial charge in [0, 0.05) is 11.6 Å². The van der Waals surface area contributed by atoms with Crippen LogP contribution >= 0.6 is 11.6 Å². The van der Waals surface area contributed by atoms with Crippen LogP contribution < -0.4 is 10.1 Å². The van der Waals surface area contributed by atoms with Crippen LogP contribution in [0.3, 0.4) is 0 Å². The Morgan fingerprint density at radius 2 is 1.76 bits per heavy atom. The molecule has 2 rings (SSSR count). The van der Waals surface area contributed by atoms with Gasteiger partial charge in [-0.25, -0.2) is 0 Å². The fourth-order valence-corrected chi connectivity index (χ4v) is 2.14. The van der Waals surface area contributed by atoms with E-state index in [1.807, 2.05) is 30.3 Å². The minimum Gasteiger partial charge on any atom is -0.493 e. The summed E-state index contributed by atoms with van der Waals surface area (Å²) in [6.07, 6.45) is -0.791. The van der Waals surface area contributed by atoms with Gasteiger partial charge in [0.15, 0.2) is 6.10 Å². The second-order valence-electron chi connectivity index (χ2n) is 5.39. The minimum atomic E-state index is -0.864. The Bertz CT molecular complexity index is 688. The number of carbonyl (C=O) groups is 2. The highest BCUT2D eigenvalue weighted by Crippen LogP contribution is 2.10. The lowest BCUT2D eigenvalue weighted by Crippen LogP contribution is -2.35. The van der Waals surface area contributed by atoms with Crippen LogP contribution in [0.4, 0.5) is 0 Å². The third-order valence-corrected chi connectivity index (χ3v) is 3.63. The predicted molar refractivity (Wildman–Crippen MR) is 95.4 cm³/mol. The monoisotopic (exact) mass is 361 g/mol. The molecular weight excluding hydrogens is 342 g/mol. The Kier molecular flexibility index (Phi) is 7.29. The summed E-state index contributed by atoms with van der Waals surface area (Å²) in [6, 6.07) is 16.3. The molecule has 0 saturated heterocycles. The first kappa shape index (κ1) is 18.8. The van der Waals surface area contributed by atoms with Crippen LogP contribution in [-0.2, 0) is 20.9 Å². The highest BCUT2D eigenvalue weighted by Gasteiger charge is 2.17. The molecule has 25 heavy (non-hydrogen) atoms. The van der Waals surface area contributed by atoms with Crippen molar-refractivity contribution in [2.45, 2.75) is 26.0 Å². The van der Waals surface area contributed by atoms with Gasteiger partial charge < -0.3 is 14.8 Å². The minimum absolute atomic E-state index is 0.0731. The Morgan fingerprint density at radius 3 is 2.44 bits per heavy atom. The fourth-order valence-electron chi connectivity index (χ4n) is 2.01. The maximum atomic E-state index is 12.0. The molecule has 2 aromatic rings. The molecule has 0 aliphatic rings. The summed E-state index contributed by atoms with van der Waals surface area (Å²) in [5.41, 5.74) is 0.910. The molecule has 0 aromatic heterocycles. The number of rotatable bonds is 8. The van der Waals surface area contributed by atoms with E-state index < -0.39 is 12.1 Å². The van der Waals surface area contributed by atoms with E-state index in [0.29, 0.717) is 17.3 Å². The Labute approximate surface area is 151 Å². The van der Waals surface area contributed by atoms with Crippen LogP contribution in [0.1, 0.15) is 18.9 Å². The van der Waals surface area contributed by atoms with Crippen LogP contribution in [0, 0.1) is 0 Å².